The summed E-state index contributed by atoms with van der Waals surface area (Å²) in [6.45, 7) is 2.47. The number of benzene rings is 1. The van der Waals surface area contributed by atoms with Crippen LogP contribution in [0.5, 0.6) is 5.75 Å². The van der Waals surface area contributed by atoms with Crippen LogP contribution in [0.25, 0.3) is 0 Å². The number of hydrazine groups is 1. The van der Waals surface area contributed by atoms with Gasteiger partial charge in [-0.15, -0.1) is 0 Å². The van der Waals surface area contributed by atoms with E-state index in [2.05, 4.69) is 10.9 Å². The summed E-state index contributed by atoms with van der Waals surface area (Å²) in [5, 5.41) is 10.8. The Bertz CT molecular complexity index is 716. The lowest BCUT2D eigenvalue weighted by atomic mass is 9.47. The molecule has 4 aliphatic carbocycles. The van der Waals surface area contributed by atoms with Crippen LogP contribution in [0.2, 0.25) is 0 Å². The minimum absolute atomic E-state index is 0.104. The van der Waals surface area contributed by atoms with Crippen molar-refractivity contribution in [1.29, 1.82) is 0 Å². The molecule has 3 N–H and O–H groups in total. The van der Waals surface area contributed by atoms with Gasteiger partial charge in [0.1, 0.15) is 5.75 Å². The molecule has 4 atom stereocenters. The number of hydrogen-bond donors (Lipinski definition) is 3. The molecule has 0 aliphatic heterocycles. The first kappa shape index (κ1) is 18.3. The summed E-state index contributed by atoms with van der Waals surface area (Å²) in [5.74, 6) is 1.26. The standard InChI is InChI=1S/C21H28N2O4/c1-2-27-17-5-3-16(4-6-17)19(25)23-22-18(24)12-20-8-14-7-15(9-20)11-21(26,10-14)13-20/h3-6,14-15,26H,2,7-13H2,1H3,(H,22,24)(H,23,25)/t14-,15+,20?,21?. The molecule has 1 aromatic carbocycles. The van der Waals surface area contributed by atoms with Gasteiger partial charge in [-0.25, -0.2) is 0 Å². The van der Waals surface area contributed by atoms with E-state index in [0.29, 0.717) is 42.6 Å². The van der Waals surface area contributed by atoms with Crippen LogP contribution in [0, 0.1) is 17.3 Å². The van der Waals surface area contributed by atoms with Crippen molar-refractivity contribution in [2.75, 3.05) is 6.61 Å². The SMILES string of the molecule is CCOc1ccc(C(=O)NNC(=O)CC23C[C@@H]4C[C@@H](CC(O)(C4)C2)C3)cc1. The lowest BCUT2D eigenvalue weighted by Gasteiger charge is -2.60. The quantitative estimate of drug-likeness (QED) is 0.693. The molecule has 0 saturated heterocycles. The van der Waals surface area contributed by atoms with Gasteiger partial charge >= 0.3 is 0 Å². The molecule has 4 bridgehead atoms. The van der Waals surface area contributed by atoms with Crippen molar-refractivity contribution in [3.05, 3.63) is 29.8 Å². The van der Waals surface area contributed by atoms with Crippen molar-refractivity contribution >= 4 is 11.8 Å². The molecule has 4 fully saturated rings. The number of ether oxygens (including phenoxy) is 1. The van der Waals surface area contributed by atoms with E-state index in [4.69, 9.17) is 4.74 Å². The fourth-order valence-electron chi connectivity index (χ4n) is 6.06. The van der Waals surface area contributed by atoms with Crippen molar-refractivity contribution in [3.8, 4) is 5.75 Å². The Morgan fingerprint density at radius 3 is 2.37 bits per heavy atom. The van der Waals surface area contributed by atoms with Gasteiger partial charge in [-0.2, -0.15) is 0 Å². The average molecular weight is 372 g/mol. The highest BCUT2D eigenvalue weighted by Crippen LogP contribution is 2.62. The number of carbonyl (C=O) groups excluding carboxylic acids is 2. The molecule has 6 nitrogen and oxygen atoms in total. The molecule has 6 heteroatoms. The summed E-state index contributed by atoms with van der Waals surface area (Å²) in [5.41, 5.74) is 4.84. The molecule has 146 valence electrons. The van der Waals surface area contributed by atoms with E-state index in [9.17, 15) is 14.7 Å². The van der Waals surface area contributed by atoms with Gasteiger partial charge < -0.3 is 9.84 Å². The van der Waals surface area contributed by atoms with E-state index in [1.54, 1.807) is 24.3 Å². The molecule has 5 rings (SSSR count). The summed E-state index contributed by atoms with van der Waals surface area (Å²) < 4.78 is 5.36. The molecule has 27 heavy (non-hydrogen) atoms. The molecule has 0 heterocycles. The maximum atomic E-state index is 12.5. The number of aliphatic hydroxyl groups is 1. The van der Waals surface area contributed by atoms with Crippen molar-refractivity contribution < 1.29 is 19.4 Å². The Kier molecular flexibility index (Phi) is 4.62. The van der Waals surface area contributed by atoms with Crippen molar-refractivity contribution in [2.45, 2.75) is 57.5 Å². The van der Waals surface area contributed by atoms with Crippen molar-refractivity contribution in [2.24, 2.45) is 17.3 Å². The number of hydrogen-bond acceptors (Lipinski definition) is 4. The number of rotatable bonds is 5. The van der Waals surface area contributed by atoms with E-state index >= 15 is 0 Å². The van der Waals surface area contributed by atoms with Crippen LogP contribution in [0.4, 0.5) is 0 Å². The Balaban J connectivity index is 1.31. The first-order valence-electron chi connectivity index (χ1n) is 9.93. The predicted octanol–water partition coefficient (Wildman–Crippen LogP) is 2.57. The van der Waals surface area contributed by atoms with E-state index in [1.807, 2.05) is 6.92 Å². The van der Waals surface area contributed by atoms with Gasteiger partial charge in [-0.05, 0) is 87.0 Å². The molecular weight excluding hydrogens is 344 g/mol. The van der Waals surface area contributed by atoms with Gasteiger partial charge in [-0.1, -0.05) is 0 Å². The smallest absolute Gasteiger partial charge is 0.269 e. The maximum Gasteiger partial charge on any atom is 0.269 e. The van der Waals surface area contributed by atoms with E-state index in [1.165, 1.54) is 6.42 Å². The zero-order valence-corrected chi connectivity index (χ0v) is 15.8. The van der Waals surface area contributed by atoms with Crippen molar-refractivity contribution in [3.63, 3.8) is 0 Å². The third kappa shape index (κ3) is 3.81. The molecule has 4 saturated carbocycles. The molecule has 2 amide bonds. The molecule has 2 unspecified atom stereocenters. The fourth-order valence-corrected chi connectivity index (χ4v) is 6.06. The zero-order valence-electron chi connectivity index (χ0n) is 15.8. The molecule has 4 aliphatic rings. The monoisotopic (exact) mass is 372 g/mol. The summed E-state index contributed by atoms with van der Waals surface area (Å²) >= 11 is 0. The van der Waals surface area contributed by atoms with E-state index < -0.39 is 5.60 Å². The molecule has 1 aromatic rings. The second kappa shape index (κ2) is 6.82. The van der Waals surface area contributed by atoms with Crippen LogP contribution in [-0.4, -0.2) is 29.1 Å². The highest BCUT2D eigenvalue weighted by atomic mass is 16.5. The van der Waals surface area contributed by atoms with Crippen LogP contribution in [0.1, 0.15) is 62.2 Å². The molecule has 0 spiro atoms. The van der Waals surface area contributed by atoms with Gasteiger partial charge in [-0.3, -0.25) is 20.4 Å². The van der Waals surface area contributed by atoms with Gasteiger partial charge in [0, 0.05) is 12.0 Å². The summed E-state index contributed by atoms with van der Waals surface area (Å²) in [6.07, 6.45) is 6.10. The summed E-state index contributed by atoms with van der Waals surface area (Å²) in [6, 6.07) is 6.80. The predicted molar refractivity (Wildman–Crippen MR) is 99.9 cm³/mol. The summed E-state index contributed by atoms with van der Waals surface area (Å²) in [7, 11) is 0. The normalized spacial score (nSPS) is 33.6. The van der Waals surface area contributed by atoms with Crippen LogP contribution in [0.15, 0.2) is 24.3 Å². The number of amides is 2. The lowest BCUT2D eigenvalue weighted by Crippen LogP contribution is -2.57. The lowest BCUT2D eigenvalue weighted by molar-refractivity contribution is -0.169. The first-order chi connectivity index (χ1) is 12.9. The molecule has 0 aromatic heterocycles. The molecule has 0 radical (unpaired) electrons. The van der Waals surface area contributed by atoms with Crippen LogP contribution >= 0.6 is 0 Å². The third-order valence-corrected chi connectivity index (χ3v) is 6.43. The largest absolute Gasteiger partial charge is 0.494 e. The second-order valence-electron chi connectivity index (χ2n) is 8.82. The van der Waals surface area contributed by atoms with Crippen LogP contribution in [0.3, 0.4) is 0 Å². The van der Waals surface area contributed by atoms with Gasteiger partial charge in [0.15, 0.2) is 0 Å². The average Bonchev–Trinajstić information content (AvgIpc) is 2.58. The van der Waals surface area contributed by atoms with Crippen LogP contribution < -0.4 is 15.6 Å². The molecular formula is C21H28N2O4. The Labute approximate surface area is 159 Å². The minimum atomic E-state index is -0.573. The summed E-state index contributed by atoms with van der Waals surface area (Å²) in [4.78, 5) is 24.7. The minimum Gasteiger partial charge on any atom is -0.494 e. The van der Waals surface area contributed by atoms with Gasteiger partial charge in [0.25, 0.3) is 5.91 Å². The van der Waals surface area contributed by atoms with Crippen LogP contribution in [-0.2, 0) is 4.79 Å². The van der Waals surface area contributed by atoms with Gasteiger partial charge in [0.2, 0.25) is 5.91 Å². The van der Waals surface area contributed by atoms with Gasteiger partial charge in [0.05, 0.1) is 12.2 Å². The Hall–Kier alpha value is -2.08. The first-order valence-corrected chi connectivity index (χ1v) is 9.93. The fraction of sp³-hybridized carbons (Fsp3) is 0.619. The highest BCUT2D eigenvalue weighted by Gasteiger charge is 2.57. The third-order valence-electron chi connectivity index (χ3n) is 6.43. The zero-order chi connectivity index (χ0) is 19.1. The Morgan fingerprint density at radius 1 is 1.11 bits per heavy atom. The topological polar surface area (TPSA) is 87.7 Å². The van der Waals surface area contributed by atoms with E-state index in [-0.39, 0.29) is 17.2 Å². The second-order valence-corrected chi connectivity index (χ2v) is 8.82. The Morgan fingerprint density at radius 2 is 1.78 bits per heavy atom. The van der Waals surface area contributed by atoms with E-state index in [0.717, 1.165) is 25.7 Å². The number of nitrogens with one attached hydrogen (secondary N) is 2. The maximum absolute atomic E-state index is 12.5. The highest BCUT2D eigenvalue weighted by molar-refractivity contribution is 5.95. The van der Waals surface area contributed by atoms with Crippen molar-refractivity contribution in [1.82, 2.24) is 10.9 Å². The number of carbonyl (C=O) groups is 2.